The number of hydrogen-bond acceptors (Lipinski definition) is 3. The quantitative estimate of drug-likeness (QED) is 0.873. The van der Waals surface area contributed by atoms with Gasteiger partial charge < -0.3 is 5.11 Å². The van der Waals surface area contributed by atoms with Gasteiger partial charge in [0.15, 0.2) is 0 Å². The molecule has 3 heteroatoms. The van der Waals surface area contributed by atoms with Crippen molar-refractivity contribution in [1.82, 2.24) is 9.97 Å². The Balaban J connectivity index is 2.37. The van der Waals surface area contributed by atoms with E-state index in [2.05, 4.69) is 16.0 Å². The lowest BCUT2D eigenvalue weighted by Gasteiger charge is -2.08. The van der Waals surface area contributed by atoms with Crippen molar-refractivity contribution < 1.29 is 5.11 Å². The van der Waals surface area contributed by atoms with Crippen LogP contribution in [-0.4, -0.2) is 21.7 Å². The molecule has 0 aliphatic rings. The fraction of sp³-hybridized carbons (Fsp3) is 0.286. The normalized spacial score (nSPS) is 10.5. The molecule has 0 spiro atoms. The minimum Gasteiger partial charge on any atom is -0.396 e. The van der Waals surface area contributed by atoms with E-state index in [1.54, 1.807) is 6.20 Å². The third-order valence-electron chi connectivity index (χ3n) is 2.70. The van der Waals surface area contributed by atoms with Gasteiger partial charge in [-0.05, 0) is 43.0 Å². The Morgan fingerprint density at radius 1 is 1.18 bits per heavy atom. The van der Waals surface area contributed by atoms with Gasteiger partial charge in [-0.3, -0.25) is 9.97 Å². The molecule has 17 heavy (non-hydrogen) atoms. The van der Waals surface area contributed by atoms with Crippen LogP contribution in [0.1, 0.15) is 17.5 Å². The molecule has 2 rings (SSSR count). The van der Waals surface area contributed by atoms with E-state index in [1.165, 1.54) is 5.56 Å². The van der Waals surface area contributed by atoms with E-state index in [0.717, 1.165) is 29.5 Å². The molecule has 2 heterocycles. The van der Waals surface area contributed by atoms with Gasteiger partial charge in [0.05, 0.1) is 0 Å². The largest absolute Gasteiger partial charge is 0.396 e. The maximum Gasteiger partial charge on any atom is 0.0434 e. The van der Waals surface area contributed by atoms with E-state index < -0.39 is 0 Å². The van der Waals surface area contributed by atoms with Crippen molar-refractivity contribution in [2.24, 2.45) is 0 Å². The van der Waals surface area contributed by atoms with Crippen LogP contribution in [0.2, 0.25) is 0 Å². The zero-order valence-corrected chi connectivity index (χ0v) is 9.93. The maximum absolute atomic E-state index is 8.91. The fourth-order valence-electron chi connectivity index (χ4n) is 1.87. The minimum absolute atomic E-state index is 0.216. The standard InChI is InChI=1S/C14H16N2O/c1-11-7-13(9-16-8-11)14-10-15-5-4-12(14)3-2-6-17/h4-5,7-10,17H,2-3,6H2,1H3. The average molecular weight is 228 g/mol. The van der Waals surface area contributed by atoms with Gasteiger partial charge in [-0.1, -0.05) is 0 Å². The first-order valence-corrected chi connectivity index (χ1v) is 5.77. The van der Waals surface area contributed by atoms with E-state index in [0.29, 0.717) is 0 Å². The fourth-order valence-corrected chi connectivity index (χ4v) is 1.87. The highest BCUT2D eigenvalue weighted by atomic mass is 16.2. The molecule has 2 aromatic rings. The molecule has 0 aromatic carbocycles. The van der Waals surface area contributed by atoms with Crippen LogP contribution < -0.4 is 0 Å². The molecular formula is C14H16N2O. The number of rotatable bonds is 4. The van der Waals surface area contributed by atoms with E-state index in [9.17, 15) is 0 Å². The number of nitrogens with zero attached hydrogens (tertiary/aromatic N) is 2. The summed E-state index contributed by atoms with van der Waals surface area (Å²) in [4.78, 5) is 8.37. The molecule has 0 bridgehead atoms. The average Bonchev–Trinajstić information content (AvgIpc) is 2.37. The molecule has 2 aromatic heterocycles. The molecule has 0 radical (unpaired) electrons. The number of pyridine rings is 2. The van der Waals surface area contributed by atoms with Crippen molar-refractivity contribution in [3.8, 4) is 11.1 Å². The Morgan fingerprint density at radius 2 is 2.06 bits per heavy atom. The SMILES string of the molecule is Cc1cncc(-c2cnccc2CCCO)c1. The highest BCUT2D eigenvalue weighted by Gasteiger charge is 2.05. The Hall–Kier alpha value is -1.74. The molecule has 0 saturated heterocycles. The Bertz CT molecular complexity index is 497. The smallest absolute Gasteiger partial charge is 0.0434 e. The number of aromatic nitrogens is 2. The molecule has 0 atom stereocenters. The van der Waals surface area contributed by atoms with Crippen molar-refractivity contribution in [2.75, 3.05) is 6.61 Å². The third-order valence-corrected chi connectivity index (χ3v) is 2.70. The van der Waals surface area contributed by atoms with Crippen molar-refractivity contribution in [1.29, 1.82) is 0 Å². The van der Waals surface area contributed by atoms with Crippen LogP contribution in [0.5, 0.6) is 0 Å². The lowest BCUT2D eigenvalue weighted by molar-refractivity contribution is 0.288. The highest BCUT2D eigenvalue weighted by Crippen LogP contribution is 2.23. The summed E-state index contributed by atoms with van der Waals surface area (Å²) in [6, 6.07) is 4.11. The number of aliphatic hydroxyl groups is 1. The van der Waals surface area contributed by atoms with Gasteiger partial charge in [-0.25, -0.2) is 0 Å². The van der Waals surface area contributed by atoms with Crippen LogP contribution >= 0.6 is 0 Å². The van der Waals surface area contributed by atoms with Crippen LogP contribution in [0.4, 0.5) is 0 Å². The van der Waals surface area contributed by atoms with Gasteiger partial charge in [0.1, 0.15) is 0 Å². The first-order valence-electron chi connectivity index (χ1n) is 5.77. The highest BCUT2D eigenvalue weighted by molar-refractivity contribution is 5.65. The van der Waals surface area contributed by atoms with Gasteiger partial charge in [0.25, 0.3) is 0 Å². The molecule has 0 saturated carbocycles. The monoisotopic (exact) mass is 228 g/mol. The van der Waals surface area contributed by atoms with Crippen LogP contribution in [0.3, 0.4) is 0 Å². The zero-order chi connectivity index (χ0) is 12.1. The minimum atomic E-state index is 0.216. The van der Waals surface area contributed by atoms with Crippen molar-refractivity contribution in [2.45, 2.75) is 19.8 Å². The summed E-state index contributed by atoms with van der Waals surface area (Å²) in [5.41, 5.74) is 4.55. The summed E-state index contributed by atoms with van der Waals surface area (Å²) in [5.74, 6) is 0. The van der Waals surface area contributed by atoms with Gasteiger partial charge in [0.2, 0.25) is 0 Å². The van der Waals surface area contributed by atoms with E-state index in [1.807, 2.05) is 31.6 Å². The molecule has 0 aliphatic carbocycles. The summed E-state index contributed by atoms with van der Waals surface area (Å²) < 4.78 is 0. The summed E-state index contributed by atoms with van der Waals surface area (Å²) in [6.07, 6.45) is 8.99. The van der Waals surface area contributed by atoms with Crippen LogP contribution in [0.15, 0.2) is 36.9 Å². The van der Waals surface area contributed by atoms with Crippen molar-refractivity contribution in [3.63, 3.8) is 0 Å². The molecule has 3 nitrogen and oxygen atoms in total. The second-order valence-corrected chi connectivity index (χ2v) is 4.11. The third kappa shape index (κ3) is 2.88. The van der Waals surface area contributed by atoms with Gasteiger partial charge in [-0.2, -0.15) is 0 Å². The second kappa shape index (κ2) is 5.55. The van der Waals surface area contributed by atoms with Crippen molar-refractivity contribution in [3.05, 3.63) is 48.0 Å². The first-order chi connectivity index (χ1) is 8.31. The Kier molecular flexibility index (Phi) is 3.83. The maximum atomic E-state index is 8.91. The number of aliphatic hydroxyl groups excluding tert-OH is 1. The lowest BCUT2D eigenvalue weighted by atomic mass is 9.99. The predicted octanol–water partition coefficient (Wildman–Crippen LogP) is 2.38. The summed E-state index contributed by atoms with van der Waals surface area (Å²) >= 11 is 0. The molecule has 0 fully saturated rings. The van der Waals surface area contributed by atoms with Gasteiger partial charge in [-0.15, -0.1) is 0 Å². The molecule has 0 unspecified atom stereocenters. The van der Waals surface area contributed by atoms with Gasteiger partial charge >= 0.3 is 0 Å². The first kappa shape index (κ1) is 11.7. The number of aryl methyl sites for hydroxylation is 2. The zero-order valence-electron chi connectivity index (χ0n) is 9.93. The summed E-state index contributed by atoms with van der Waals surface area (Å²) in [6.45, 7) is 2.24. The molecule has 0 aliphatic heterocycles. The lowest BCUT2D eigenvalue weighted by Crippen LogP contribution is -1.94. The van der Waals surface area contributed by atoms with Crippen LogP contribution in [0, 0.1) is 6.92 Å². The molecule has 0 amide bonds. The van der Waals surface area contributed by atoms with Gasteiger partial charge in [0, 0.05) is 42.5 Å². The van der Waals surface area contributed by atoms with Crippen LogP contribution in [0.25, 0.3) is 11.1 Å². The second-order valence-electron chi connectivity index (χ2n) is 4.11. The van der Waals surface area contributed by atoms with Crippen LogP contribution in [-0.2, 0) is 6.42 Å². The van der Waals surface area contributed by atoms with Crippen molar-refractivity contribution >= 4 is 0 Å². The Morgan fingerprint density at radius 3 is 2.82 bits per heavy atom. The number of hydrogen-bond donors (Lipinski definition) is 1. The Labute approximate surface area is 101 Å². The topological polar surface area (TPSA) is 46.0 Å². The molecular weight excluding hydrogens is 212 g/mol. The predicted molar refractivity (Wildman–Crippen MR) is 67.6 cm³/mol. The molecule has 88 valence electrons. The summed E-state index contributed by atoms with van der Waals surface area (Å²) in [7, 11) is 0. The summed E-state index contributed by atoms with van der Waals surface area (Å²) in [5, 5.41) is 8.91. The van der Waals surface area contributed by atoms with E-state index in [4.69, 9.17) is 5.11 Å². The molecule has 1 N–H and O–H groups in total. The van der Waals surface area contributed by atoms with E-state index in [-0.39, 0.29) is 6.61 Å². The van der Waals surface area contributed by atoms with E-state index >= 15 is 0 Å².